The van der Waals surface area contributed by atoms with E-state index < -0.39 is 9.84 Å². The fourth-order valence-electron chi connectivity index (χ4n) is 4.22. The summed E-state index contributed by atoms with van der Waals surface area (Å²) in [6.07, 6.45) is 3.16. The zero-order valence-electron chi connectivity index (χ0n) is 19.4. The Hall–Kier alpha value is -2.82. The molecule has 3 aromatic rings. The first-order valence-electron chi connectivity index (χ1n) is 11.2. The van der Waals surface area contributed by atoms with Crippen LogP contribution in [-0.2, 0) is 34.1 Å². The molecule has 2 aromatic heterocycles. The van der Waals surface area contributed by atoms with Gasteiger partial charge in [-0.1, -0.05) is 32.9 Å². The van der Waals surface area contributed by atoms with E-state index in [4.69, 9.17) is 4.98 Å². The first-order chi connectivity index (χ1) is 16.2. The van der Waals surface area contributed by atoms with Gasteiger partial charge in [-0.15, -0.1) is 11.3 Å². The molecule has 0 spiro atoms. The van der Waals surface area contributed by atoms with E-state index >= 15 is 0 Å². The normalized spacial score (nSPS) is 16.1. The zero-order valence-corrected chi connectivity index (χ0v) is 21.0. The average molecular weight is 501 g/mol. The van der Waals surface area contributed by atoms with Gasteiger partial charge < -0.3 is 10.5 Å². The molecule has 1 N–H and O–H groups in total. The van der Waals surface area contributed by atoms with Crippen LogP contribution in [0.2, 0.25) is 0 Å². The van der Waals surface area contributed by atoms with Gasteiger partial charge in [-0.3, -0.25) is 9.69 Å². The van der Waals surface area contributed by atoms with E-state index in [1.54, 1.807) is 31.2 Å². The molecule has 1 aliphatic rings. The maximum absolute atomic E-state index is 12.6. The summed E-state index contributed by atoms with van der Waals surface area (Å²) in [5, 5.41) is 14.8. The van der Waals surface area contributed by atoms with Crippen LogP contribution in [0.5, 0.6) is 0 Å². The third kappa shape index (κ3) is 5.29. The molecule has 1 aromatic carbocycles. The number of rotatable bonds is 8. The lowest BCUT2D eigenvalue weighted by atomic mass is 10.0. The Bertz CT molecular complexity index is 1270. The quantitative estimate of drug-likeness (QED) is 0.375. The first-order valence-corrected chi connectivity index (χ1v) is 13.7. The van der Waals surface area contributed by atoms with E-state index in [1.165, 1.54) is 23.7 Å². The molecule has 4 rings (SSSR count). The third-order valence-corrected chi connectivity index (χ3v) is 8.63. The maximum Gasteiger partial charge on any atom is 0.230 e. The number of anilines is 1. The SMILES string of the molecule is CCS(=O)(=O)c1ccc(CC(=O)Nc2nc3c(s2)CN(Cc2cc[n+]([O-])cc2)[C@H]3C(C)C)cc1. The van der Waals surface area contributed by atoms with Crippen molar-refractivity contribution in [2.24, 2.45) is 5.92 Å². The molecular formula is C24H28N4O4S2. The van der Waals surface area contributed by atoms with Gasteiger partial charge >= 0.3 is 0 Å². The van der Waals surface area contributed by atoms with Gasteiger partial charge in [0.25, 0.3) is 0 Å². The van der Waals surface area contributed by atoms with Crippen LogP contribution in [-0.4, -0.2) is 30.0 Å². The van der Waals surface area contributed by atoms with E-state index in [2.05, 4.69) is 24.1 Å². The van der Waals surface area contributed by atoms with Crippen molar-refractivity contribution in [1.29, 1.82) is 0 Å². The molecule has 0 aliphatic carbocycles. The molecule has 0 saturated heterocycles. The van der Waals surface area contributed by atoms with Crippen LogP contribution >= 0.6 is 11.3 Å². The van der Waals surface area contributed by atoms with Crippen LogP contribution in [0.4, 0.5) is 5.13 Å². The van der Waals surface area contributed by atoms with Gasteiger partial charge in [0.15, 0.2) is 27.4 Å². The number of carbonyl (C=O) groups is 1. The molecule has 1 atom stereocenters. The number of thiazole rings is 1. The predicted octanol–water partition coefficient (Wildman–Crippen LogP) is 3.46. The number of fused-ring (bicyclic) bond motifs is 1. The molecule has 180 valence electrons. The van der Waals surface area contributed by atoms with Gasteiger partial charge in [0, 0.05) is 30.1 Å². The number of amides is 1. The smallest absolute Gasteiger partial charge is 0.230 e. The van der Waals surface area contributed by atoms with Crippen molar-refractivity contribution in [3.8, 4) is 0 Å². The summed E-state index contributed by atoms with van der Waals surface area (Å²) in [7, 11) is -3.26. The number of pyridine rings is 1. The second-order valence-corrected chi connectivity index (χ2v) is 12.1. The van der Waals surface area contributed by atoms with Crippen molar-refractivity contribution < 1.29 is 17.9 Å². The number of hydrogen-bond acceptors (Lipinski definition) is 7. The van der Waals surface area contributed by atoms with Gasteiger partial charge in [0.1, 0.15) is 0 Å². The van der Waals surface area contributed by atoms with Crippen molar-refractivity contribution in [1.82, 2.24) is 9.88 Å². The molecule has 1 aliphatic heterocycles. The van der Waals surface area contributed by atoms with Gasteiger partial charge in [0.2, 0.25) is 5.91 Å². The Morgan fingerprint density at radius 3 is 2.50 bits per heavy atom. The number of sulfone groups is 1. The van der Waals surface area contributed by atoms with E-state index in [9.17, 15) is 18.4 Å². The minimum absolute atomic E-state index is 0.0435. The number of nitrogens with zero attached hydrogens (tertiary/aromatic N) is 3. The van der Waals surface area contributed by atoms with Crippen LogP contribution in [0.1, 0.15) is 48.5 Å². The summed E-state index contributed by atoms with van der Waals surface area (Å²) < 4.78 is 24.7. The fourth-order valence-corrected chi connectivity index (χ4v) is 6.15. The van der Waals surface area contributed by atoms with E-state index in [0.29, 0.717) is 11.0 Å². The molecule has 34 heavy (non-hydrogen) atoms. The number of aromatic nitrogens is 2. The number of carbonyl (C=O) groups excluding carboxylic acids is 1. The minimum atomic E-state index is -3.26. The van der Waals surface area contributed by atoms with Gasteiger partial charge in [-0.25, -0.2) is 13.4 Å². The molecule has 1 amide bonds. The largest absolute Gasteiger partial charge is 0.619 e. The summed E-state index contributed by atoms with van der Waals surface area (Å²) in [4.78, 5) is 21.1. The lowest BCUT2D eigenvalue weighted by Crippen LogP contribution is -2.28. The average Bonchev–Trinajstić information content (AvgIpc) is 3.31. The highest BCUT2D eigenvalue weighted by Gasteiger charge is 2.36. The molecule has 10 heteroatoms. The summed E-state index contributed by atoms with van der Waals surface area (Å²) in [6, 6.07) is 10.2. The Labute approximate surface area is 203 Å². The van der Waals surface area contributed by atoms with Gasteiger partial charge in [-0.2, -0.15) is 4.73 Å². The highest BCUT2D eigenvalue weighted by molar-refractivity contribution is 7.91. The van der Waals surface area contributed by atoms with Crippen molar-refractivity contribution in [2.45, 2.75) is 51.2 Å². The molecule has 0 bridgehead atoms. The number of nitrogens with one attached hydrogen (secondary N) is 1. The monoisotopic (exact) mass is 500 g/mol. The Balaban J connectivity index is 1.41. The van der Waals surface area contributed by atoms with Crippen LogP contribution in [0.15, 0.2) is 53.7 Å². The Kier molecular flexibility index (Phi) is 7.01. The highest BCUT2D eigenvalue weighted by atomic mass is 32.2. The first kappa shape index (κ1) is 24.3. The molecular weight excluding hydrogens is 472 g/mol. The molecule has 0 radical (unpaired) electrons. The lowest BCUT2D eigenvalue weighted by molar-refractivity contribution is -0.605. The predicted molar refractivity (Wildman–Crippen MR) is 131 cm³/mol. The molecule has 0 fully saturated rings. The molecule has 0 unspecified atom stereocenters. The van der Waals surface area contributed by atoms with Crippen LogP contribution in [0.3, 0.4) is 0 Å². The van der Waals surface area contributed by atoms with Crippen molar-refractivity contribution in [3.05, 3.63) is 75.7 Å². The molecule has 8 nitrogen and oxygen atoms in total. The zero-order chi connectivity index (χ0) is 24.5. The lowest BCUT2D eigenvalue weighted by Gasteiger charge is -2.27. The third-order valence-electron chi connectivity index (χ3n) is 5.91. The summed E-state index contributed by atoms with van der Waals surface area (Å²) in [6.45, 7) is 7.38. The molecule has 3 heterocycles. The van der Waals surface area contributed by atoms with Crippen molar-refractivity contribution in [3.63, 3.8) is 0 Å². The second-order valence-electron chi connectivity index (χ2n) is 8.76. The standard InChI is InChI=1S/C24H28N4O4S2/c1-4-34(31,32)19-7-5-17(6-8-19)13-21(29)25-24-26-22-20(33-24)15-27(23(22)16(2)3)14-18-9-11-28(30)12-10-18/h5-12,16,23H,4,13-15H2,1-3H3,(H,25,26,29)/t23-/m0/s1. The topological polar surface area (TPSA) is 106 Å². The van der Waals surface area contributed by atoms with Crippen molar-refractivity contribution >= 4 is 32.2 Å². The van der Waals surface area contributed by atoms with Crippen molar-refractivity contribution in [2.75, 3.05) is 11.1 Å². The van der Waals surface area contributed by atoms with E-state index in [1.807, 2.05) is 12.1 Å². The summed E-state index contributed by atoms with van der Waals surface area (Å²) >= 11 is 1.49. The van der Waals surface area contributed by atoms with Crippen LogP contribution in [0, 0.1) is 11.1 Å². The Morgan fingerprint density at radius 2 is 1.88 bits per heavy atom. The van der Waals surface area contributed by atoms with Gasteiger partial charge in [0.05, 0.1) is 28.8 Å². The highest BCUT2D eigenvalue weighted by Crippen LogP contribution is 2.43. The molecule has 0 saturated carbocycles. The second kappa shape index (κ2) is 9.81. The van der Waals surface area contributed by atoms with Gasteiger partial charge in [-0.05, 0) is 29.2 Å². The van der Waals surface area contributed by atoms with Crippen LogP contribution in [0.25, 0.3) is 0 Å². The maximum atomic E-state index is 12.6. The van der Waals surface area contributed by atoms with Crippen LogP contribution < -0.4 is 10.0 Å². The Morgan fingerprint density at radius 1 is 1.21 bits per heavy atom. The van der Waals surface area contributed by atoms with E-state index in [0.717, 1.165) is 39.5 Å². The number of hydrogen-bond donors (Lipinski definition) is 1. The summed E-state index contributed by atoms with van der Waals surface area (Å²) in [5.74, 6) is 0.187. The van der Waals surface area contributed by atoms with E-state index in [-0.39, 0.29) is 29.0 Å². The fraction of sp³-hybridized carbons (Fsp3) is 0.375. The minimum Gasteiger partial charge on any atom is -0.619 e. The summed E-state index contributed by atoms with van der Waals surface area (Å²) in [5.41, 5.74) is 2.81. The number of benzene rings is 1.